The second-order valence-electron chi connectivity index (χ2n) is 6.87. The number of ketones is 1. The van der Waals surface area contributed by atoms with Crippen molar-refractivity contribution in [2.24, 2.45) is 0 Å². The van der Waals surface area contributed by atoms with Crippen LogP contribution < -0.4 is 4.72 Å². The fourth-order valence-corrected chi connectivity index (χ4v) is 4.27. The van der Waals surface area contributed by atoms with E-state index in [-0.39, 0.29) is 17.9 Å². The van der Waals surface area contributed by atoms with Gasteiger partial charge in [-0.25, -0.2) is 8.42 Å². The number of nitrogens with one attached hydrogen (secondary N) is 1. The number of sulfonamides is 1. The normalized spacial score (nSPS) is 11.8. The molecule has 0 spiro atoms. The van der Waals surface area contributed by atoms with Gasteiger partial charge in [0.05, 0.1) is 10.5 Å². The van der Waals surface area contributed by atoms with Gasteiger partial charge in [0.2, 0.25) is 0 Å². The third-order valence-electron chi connectivity index (χ3n) is 4.50. The summed E-state index contributed by atoms with van der Waals surface area (Å²) in [4.78, 5) is 15.3. The second kappa shape index (κ2) is 9.30. The van der Waals surface area contributed by atoms with Crippen molar-refractivity contribution in [3.63, 3.8) is 0 Å². The van der Waals surface area contributed by atoms with E-state index >= 15 is 0 Å². The van der Waals surface area contributed by atoms with Gasteiger partial charge in [-0.3, -0.25) is 14.5 Å². The number of carbonyl (C=O) groups is 1. The smallest absolute Gasteiger partial charge is 0.299 e. The van der Waals surface area contributed by atoms with Crippen LogP contribution in [-0.2, 0) is 33.8 Å². The van der Waals surface area contributed by atoms with Crippen molar-refractivity contribution in [3.8, 4) is 0 Å². The number of benzene rings is 2. The predicted molar refractivity (Wildman–Crippen MR) is 110 cm³/mol. The van der Waals surface area contributed by atoms with Crippen molar-refractivity contribution in [1.29, 1.82) is 0 Å². The van der Waals surface area contributed by atoms with Crippen LogP contribution >= 0.6 is 0 Å². The van der Waals surface area contributed by atoms with Crippen molar-refractivity contribution >= 4 is 21.5 Å². The molecule has 0 aliphatic heterocycles. The van der Waals surface area contributed by atoms with E-state index in [2.05, 4.69) is 9.71 Å². The lowest BCUT2D eigenvalue weighted by molar-refractivity contribution is -0.139. The Kier molecular flexibility index (Phi) is 6.74. The first kappa shape index (κ1) is 22.5. The molecule has 0 saturated heterocycles. The molecular weight excluding hydrogens is 429 g/mol. The molecule has 1 heterocycles. The standard InChI is InChI=1S/C22H19F3N2O3S/c23-22(24,25)20-5-1-2-6-21(20)31(29,30)27-18-10-7-16(8-11-18)14-19(28)12-9-17-4-3-13-26-15-17/h1-8,10-11,13,15,27H,9,12,14H2. The van der Waals surface area contributed by atoms with E-state index < -0.39 is 26.7 Å². The molecule has 1 N–H and O–H groups in total. The lowest BCUT2D eigenvalue weighted by Gasteiger charge is -2.14. The van der Waals surface area contributed by atoms with Gasteiger partial charge in [-0.2, -0.15) is 13.2 Å². The zero-order chi connectivity index (χ0) is 22.5. The van der Waals surface area contributed by atoms with Crippen LogP contribution in [0.4, 0.5) is 18.9 Å². The zero-order valence-corrected chi connectivity index (χ0v) is 17.1. The Morgan fingerprint density at radius 1 is 0.935 bits per heavy atom. The second-order valence-corrected chi connectivity index (χ2v) is 8.52. The monoisotopic (exact) mass is 448 g/mol. The summed E-state index contributed by atoms with van der Waals surface area (Å²) in [5, 5.41) is 0. The topological polar surface area (TPSA) is 76.1 Å². The summed E-state index contributed by atoms with van der Waals surface area (Å²) in [5.41, 5.74) is 0.497. The van der Waals surface area contributed by atoms with Gasteiger partial charge in [0.1, 0.15) is 5.78 Å². The minimum absolute atomic E-state index is 0.0105. The maximum absolute atomic E-state index is 13.1. The van der Waals surface area contributed by atoms with Crippen LogP contribution in [0.15, 0.2) is 78.0 Å². The van der Waals surface area contributed by atoms with E-state index in [0.717, 1.165) is 23.8 Å². The van der Waals surface area contributed by atoms with Crippen molar-refractivity contribution < 1.29 is 26.4 Å². The van der Waals surface area contributed by atoms with E-state index in [1.54, 1.807) is 30.6 Å². The first-order valence-electron chi connectivity index (χ1n) is 9.34. The number of rotatable bonds is 8. The van der Waals surface area contributed by atoms with Crippen LogP contribution in [0, 0.1) is 0 Å². The van der Waals surface area contributed by atoms with Crippen LogP contribution in [0.1, 0.15) is 23.1 Å². The van der Waals surface area contributed by atoms with E-state index in [4.69, 9.17) is 0 Å². The van der Waals surface area contributed by atoms with Crippen molar-refractivity contribution in [2.45, 2.75) is 30.3 Å². The van der Waals surface area contributed by atoms with Crippen LogP contribution in [-0.4, -0.2) is 19.2 Å². The quantitative estimate of drug-likeness (QED) is 0.545. The van der Waals surface area contributed by atoms with Gasteiger partial charge in [-0.15, -0.1) is 0 Å². The molecule has 0 amide bonds. The average molecular weight is 448 g/mol. The molecule has 3 rings (SSSR count). The van der Waals surface area contributed by atoms with E-state index in [1.165, 1.54) is 18.2 Å². The van der Waals surface area contributed by atoms with Gasteiger partial charge in [0.15, 0.2) is 0 Å². The Balaban J connectivity index is 1.65. The Morgan fingerprint density at radius 3 is 2.29 bits per heavy atom. The van der Waals surface area contributed by atoms with Gasteiger partial charge in [0.25, 0.3) is 10.0 Å². The maximum atomic E-state index is 13.1. The van der Waals surface area contributed by atoms with E-state index in [0.29, 0.717) is 18.4 Å². The average Bonchev–Trinajstić information content (AvgIpc) is 2.74. The molecule has 0 aliphatic rings. The van der Waals surface area contributed by atoms with E-state index in [1.807, 2.05) is 6.07 Å². The third-order valence-corrected chi connectivity index (χ3v) is 5.94. The van der Waals surface area contributed by atoms with Crippen molar-refractivity contribution in [1.82, 2.24) is 4.98 Å². The number of aryl methyl sites for hydroxylation is 1. The number of nitrogens with zero attached hydrogens (tertiary/aromatic N) is 1. The first-order chi connectivity index (χ1) is 14.6. The highest BCUT2D eigenvalue weighted by Crippen LogP contribution is 2.34. The van der Waals surface area contributed by atoms with Crippen molar-refractivity contribution in [2.75, 3.05) is 4.72 Å². The Hall–Kier alpha value is -3.20. The Bertz CT molecular complexity index is 1150. The highest BCUT2D eigenvalue weighted by molar-refractivity contribution is 7.92. The molecule has 3 aromatic rings. The highest BCUT2D eigenvalue weighted by atomic mass is 32.2. The van der Waals surface area contributed by atoms with Crippen LogP contribution in [0.3, 0.4) is 0 Å². The number of aromatic nitrogens is 1. The maximum Gasteiger partial charge on any atom is 0.417 e. The van der Waals surface area contributed by atoms with Gasteiger partial charge in [-0.05, 0) is 47.9 Å². The fourth-order valence-electron chi connectivity index (χ4n) is 2.98. The van der Waals surface area contributed by atoms with Crippen LogP contribution in [0.25, 0.3) is 0 Å². The summed E-state index contributed by atoms with van der Waals surface area (Å²) in [7, 11) is -4.45. The summed E-state index contributed by atoms with van der Waals surface area (Å²) in [6.07, 6.45) is -0.360. The van der Waals surface area contributed by atoms with Crippen LogP contribution in [0.2, 0.25) is 0 Å². The molecule has 0 aliphatic carbocycles. The summed E-state index contributed by atoms with van der Waals surface area (Å²) in [5.74, 6) is 0.0105. The predicted octanol–water partition coefficient (Wildman–Crippen LogP) is 4.65. The van der Waals surface area contributed by atoms with Gasteiger partial charge in [-0.1, -0.05) is 30.3 Å². The van der Waals surface area contributed by atoms with E-state index in [9.17, 15) is 26.4 Å². The molecule has 0 fully saturated rings. The molecule has 2 aromatic carbocycles. The van der Waals surface area contributed by atoms with Gasteiger partial charge < -0.3 is 0 Å². The molecule has 5 nitrogen and oxygen atoms in total. The Morgan fingerprint density at radius 2 is 1.65 bits per heavy atom. The molecular formula is C22H19F3N2O3S. The molecule has 162 valence electrons. The van der Waals surface area contributed by atoms with Gasteiger partial charge >= 0.3 is 6.18 Å². The summed E-state index contributed by atoms with van der Waals surface area (Å²) < 4.78 is 66.5. The molecule has 0 bridgehead atoms. The number of halogens is 3. The first-order valence-corrected chi connectivity index (χ1v) is 10.8. The summed E-state index contributed by atoms with van der Waals surface area (Å²) >= 11 is 0. The fraction of sp³-hybridized carbons (Fsp3) is 0.182. The molecule has 31 heavy (non-hydrogen) atoms. The number of anilines is 1. The number of pyridine rings is 1. The molecule has 0 saturated carbocycles. The minimum atomic E-state index is -4.80. The molecule has 9 heteroatoms. The molecule has 0 radical (unpaired) electrons. The minimum Gasteiger partial charge on any atom is -0.299 e. The molecule has 1 aromatic heterocycles. The lowest BCUT2D eigenvalue weighted by Crippen LogP contribution is -2.18. The number of carbonyl (C=O) groups excluding carboxylic acids is 1. The number of hydrogen-bond acceptors (Lipinski definition) is 4. The molecule has 0 atom stereocenters. The lowest BCUT2D eigenvalue weighted by atomic mass is 10.0. The Labute approximate surface area is 178 Å². The number of hydrogen-bond donors (Lipinski definition) is 1. The van der Waals surface area contributed by atoms with Crippen LogP contribution in [0.5, 0.6) is 0 Å². The summed E-state index contributed by atoms with van der Waals surface area (Å²) in [6, 6.07) is 13.6. The number of alkyl halides is 3. The largest absolute Gasteiger partial charge is 0.417 e. The number of Topliss-reactive ketones (excluding diaryl/α,β-unsaturated/α-hetero) is 1. The molecule has 0 unspecified atom stereocenters. The zero-order valence-electron chi connectivity index (χ0n) is 16.3. The SMILES string of the molecule is O=C(CCc1cccnc1)Cc1ccc(NS(=O)(=O)c2ccccc2C(F)(F)F)cc1. The van der Waals surface area contributed by atoms with Crippen molar-refractivity contribution in [3.05, 3.63) is 89.7 Å². The van der Waals surface area contributed by atoms with Gasteiger partial charge in [0, 0.05) is 30.9 Å². The highest BCUT2D eigenvalue weighted by Gasteiger charge is 2.36. The summed E-state index contributed by atoms with van der Waals surface area (Å²) in [6.45, 7) is 0. The third kappa shape index (κ3) is 6.14.